The van der Waals surface area contributed by atoms with Crippen LogP contribution in [0.25, 0.3) is 0 Å². The summed E-state index contributed by atoms with van der Waals surface area (Å²) in [4.78, 5) is 42.6. The molecule has 1 aromatic rings. The molecule has 1 aliphatic carbocycles. The zero-order valence-corrected chi connectivity index (χ0v) is 21.3. The Labute approximate surface area is 211 Å². The highest BCUT2D eigenvalue weighted by atomic mass is 35.5. The molecule has 4 aliphatic rings. The number of nitrogens with zero attached hydrogens (tertiary/aromatic N) is 1. The number of amides is 3. The molecule has 1 saturated carbocycles. The van der Waals surface area contributed by atoms with Gasteiger partial charge >= 0.3 is 0 Å². The number of fused-ring (bicyclic) bond motifs is 1. The van der Waals surface area contributed by atoms with E-state index in [-0.39, 0.29) is 23.8 Å². The number of benzene rings is 1. The van der Waals surface area contributed by atoms with Crippen molar-refractivity contribution in [3.05, 3.63) is 41.4 Å². The summed E-state index contributed by atoms with van der Waals surface area (Å²) in [6.45, 7) is 6.84. The van der Waals surface area contributed by atoms with E-state index in [1.54, 1.807) is 29.2 Å². The van der Waals surface area contributed by atoms with E-state index in [9.17, 15) is 14.4 Å². The van der Waals surface area contributed by atoms with Gasteiger partial charge in [0.25, 0.3) is 0 Å². The molecule has 8 atom stereocenters. The molecule has 0 aromatic heterocycles. The SMILES string of the molecule is CCCN1C(=O)[C@@H]2[C@H](C(=O)Nc3cccc(Cl)c3)[C@@H]3C=C[C@@]2(O3)[C@@H]1C(=O)N[C@@H]1CCC[C@H](C)[C@H]1C. The van der Waals surface area contributed by atoms with E-state index in [1.165, 1.54) is 6.42 Å². The average molecular weight is 500 g/mol. The lowest BCUT2D eigenvalue weighted by Crippen LogP contribution is -2.57. The fourth-order valence-corrected chi connectivity index (χ4v) is 6.78. The van der Waals surface area contributed by atoms with Crippen molar-refractivity contribution in [1.82, 2.24) is 10.2 Å². The van der Waals surface area contributed by atoms with Gasteiger partial charge in [0.2, 0.25) is 17.7 Å². The summed E-state index contributed by atoms with van der Waals surface area (Å²) in [5.41, 5.74) is -0.560. The van der Waals surface area contributed by atoms with Gasteiger partial charge in [0, 0.05) is 23.3 Å². The average Bonchev–Trinajstić information content (AvgIpc) is 3.45. The van der Waals surface area contributed by atoms with Crippen LogP contribution in [0.2, 0.25) is 5.02 Å². The van der Waals surface area contributed by atoms with Crippen LogP contribution in [0.15, 0.2) is 36.4 Å². The van der Waals surface area contributed by atoms with E-state index in [0.717, 1.165) is 12.8 Å². The zero-order valence-electron chi connectivity index (χ0n) is 20.5. The maximum absolute atomic E-state index is 13.8. The molecule has 3 heterocycles. The van der Waals surface area contributed by atoms with Gasteiger partial charge < -0.3 is 20.3 Å². The number of ether oxygens (including phenoxy) is 1. The minimum absolute atomic E-state index is 0.0739. The van der Waals surface area contributed by atoms with Gasteiger partial charge in [-0.05, 0) is 42.9 Å². The van der Waals surface area contributed by atoms with Gasteiger partial charge in [-0.15, -0.1) is 0 Å². The molecular formula is C27H34ClN3O4. The van der Waals surface area contributed by atoms with Crippen LogP contribution in [0, 0.1) is 23.7 Å². The smallest absolute Gasteiger partial charge is 0.246 e. The number of anilines is 1. The molecule has 2 bridgehead atoms. The van der Waals surface area contributed by atoms with Crippen molar-refractivity contribution in [2.24, 2.45) is 23.7 Å². The Morgan fingerprint density at radius 3 is 2.77 bits per heavy atom. The summed E-state index contributed by atoms with van der Waals surface area (Å²) < 4.78 is 6.38. The van der Waals surface area contributed by atoms with Crippen LogP contribution in [0.3, 0.4) is 0 Å². The van der Waals surface area contributed by atoms with E-state index in [1.807, 2.05) is 19.1 Å². The third-order valence-electron chi connectivity index (χ3n) is 8.52. The third kappa shape index (κ3) is 3.97. The van der Waals surface area contributed by atoms with Crippen LogP contribution in [-0.2, 0) is 19.1 Å². The van der Waals surface area contributed by atoms with Crippen molar-refractivity contribution in [2.75, 3.05) is 11.9 Å². The van der Waals surface area contributed by atoms with Gasteiger partial charge in [-0.1, -0.05) is 63.4 Å². The van der Waals surface area contributed by atoms with E-state index >= 15 is 0 Å². The second-order valence-electron chi connectivity index (χ2n) is 10.6. The molecular weight excluding hydrogens is 466 g/mol. The molecule has 35 heavy (non-hydrogen) atoms. The maximum Gasteiger partial charge on any atom is 0.246 e. The van der Waals surface area contributed by atoms with Gasteiger partial charge in [-0.2, -0.15) is 0 Å². The Kier molecular flexibility index (Phi) is 6.43. The normalized spacial score (nSPS) is 37.4. The summed E-state index contributed by atoms with van der Waals surface area (Å²) in [7, 11) is 0. The van der Waals surface area contributed by atoms with E-state index in [0.29, 0.717) is 35.5 Å². The molecule has 1 spiro atoms. The minimum Gasteiger partial charge on any atom is -0.359 e. The Bertz CT molecular complexity index is 1060. The summed E-state index contributed by atoms with van der Waals surface area (Å²) in [5, 5.41) is 6.68. The van der Waals surface area contributed by atoms with Crippen LogP contribution in [-0.4, -0.2) is 53.0 Å². The number of halogens is 1. The number of rotatable bonds is 6. The maximum atomic E-state index is 13.8. The van der Waals surface area contributed by atoms with Crippen LogP contribution in [0.1, 0.15) is 46.5 Å². The van der Waals surface area contributed by atoms with Gasteiger partial charge in [0.1, 0.15) is 11.6 Å². The first kappa shape index (κ1) is 24.3. The summed E-state index contributed by atoms with van der Waals surface area (Å²) >= 11 is 6.08. The number of carbonyl (C=O) groups is 3. The van der Waals surface area contributed by atoms with E-state index in [4.69, 9.17) is 16.3 Å². The van der Waals surface area contributed by atoms with Crippen molar-refractivity contribution in [3.63, 3.8) is 0 Å². The fraction of sp³-hybridized carbons (Fsp3) is 0.593. The minimum atomic E-state index is -1.12. The molecule has 8 heteroatoms. The van der Waals surface area contributed by atoms with Crippen LogP contribution < -0.4 is 10.6 Å². The van der Waals surface area contributed by atoms with Crippen molar-refractivity contribution >= 4 is 35.0 Å². The van der Waals surface area contributed by atoms with E-state index < -0.39 is 29.6 Å². The lowest BCUT2D eigenvalue weighted by Gasteiger charge is -2.38. The molecule has 7 nitrogen and oxygen atoms in total. The molecule has 5 rings (SSSR count). The highest BCUT2D eigenvalue weighted by Gasteiger charge is 2.72. The number of hydrogen-bond acceptors (Lipinski definition) is 4. The zero-order chi connectivity index (χ0) is 24.9. The largest absolute Gasteiger partial charge is 0.359 e. The first-order valence-corrected chi connectivity index (χ1v) is 13.2. The Morgan fingerprint density at radius 1 is 1.23 bits per heavy atom. The van der Waals surface area contributed by atoms with Gasteiger partial charge in [-0.25, -0.2) is 0 Å². The lowest BCUT2D eigenvalue weighted by molar-refractivity contribution is -0.141. The molecule has 3 amide bonds. The number of hydrogen-bond donors (Lipinski definition) is 2. The third-order valence-corrected chi connectivity index (χ3v) is 8.75. The molecule has 2 saturated heterocycles. The first-order valence-electron chi connectivity index (χ1n) is 12.8. The van der Waals surface area contributed by atoms with Crippen LogP contribution in [0.5, 0.6) is 0 Å². The second-order valence-corrected chi connectivity index (χ2v) is 11.1. The van der Waals surface area contributed by atoms with Crippen molar-refractivity contribution < 1.29 is 19.1 Å². The highest BCUT2D eigenvalue weighted by Crippen LogP contribution is 2.55. The standard InChI is InChI=1S/C27H34ClN3O4/c1-4-13-31-23(25(33)30-19-10-5-7-15(2)16(19)3)27-12-11-20(35-27)21(22(27)26(31)34)24(32)29-18-9-6-8-17(28)14-18/h6,8-9,11-12,14-16,19-23H,4-5,7,10,13H2,1-3H3,(H,29,32)(H,30,33)/t15-,16+,19+,20-,21+,22-,23-,27-/m0/s1. The molecule has 2 N–H and O–H groups in total. The topological polar surface area (TPSA) is 87.7 Å². The number of likely N-dealkylation sites (tertiary alicyclic amines) is 1. The number of carbonyl (C=O) groups excluding carboxylic acids is 3. The first-order chi connectivity index (χ1) is 16.8. The quantitative estimate of drug-likeness (QED) is 0.583. The molecule has 0 unspecified atom stereocenters. The Morgan fingerprint density at radius 2 is 2.03 bits per heavy atom. The molecule has 3 fully saturated rings. The predicted octanol–water partition coefficient (Wildman–Crippen LogP) is 3.78. The van der Waals surface area contributed by atoms with Crippen molar-refractivity contribution in [2.45, 2.75) is 70.2 Å². The van der Waals surface area contributed by atoms with Crippen molar-refractivity contribution in [3.8, 4) is 0 Å². The van der Waals surface area contributed by atoms with E-state index in [2.05, 4.69) is 24.5 Å². The Hall–Kier alpha value is -2.38. The molecule has 3 aliphatic heterocycles. The van der Waals surface area contributed by atoms with Crippen LogP contribution >= 0.6 is 11.6 Å². The second kappa shape index (κ2) is 9.25. The van der Waals surface area contributed by atoms with Crippen molar-refractivity contribution in [1.29, 1.82) is 0 Å². The van der Waals surface area contributed by atoms with Crippen LogP contribution in [0.4, 0.5) is 5.69 Å². The van der Waals surface area contributed by atoms with Gasteiger partial charge in [-0.3, -0.25) is 14.4 Å². The fourth-order valence-electron chi connectivity index (χ4n) is 6.59. The monoisotopic (exact) mass is 499 g/mol. The van der Waals surface area contributed by atoms with Gasteiger partial charge in [0.05, 0.1) is 17.9 Å². The Balaban J connectivity index is 1.42. The highest BCUT2D eigenvalue weighted by molar-refractivity contribution is 6.30. The lowest BCUT2D eigenvalue weighted by atomic mass is 9.73. The summed E-state index contributed by atoms with van der Waals surface area (Å²) in [5.74, 6) is -1.20. The number of nitrogens with one attached hydrogen (secondary N) is 2. The molecule has 0 radical (unpaired) electrons. The summed E-state index contributed by atoms with van der Waals surface area (Å²) in [6, 6.07) is 6.20. The predicted molar refractivity (Wildman–Crippen MR) is 134 cm³/mol. The molecule has 188 valence electrons. The van der Waals surface area contributed by atoms with Gasteiger partial charge in [0.15, 0.2) is 0 Å². The summed E-state index contributed by atoms with van der Waals surface area (Å²) in [6.07, 6.45) is 7.05. The molecule has 1 aromatic carbocycles.